The second-order valence-electron chi connectivity index (χ2n) is 6.77. The fraction of sp³-hybridized carbons (Fsp3) is 0.348. The maximum absolute atomic E-state index is 13.9. The van der Waals surface area contributed by atoms with E-state index in [4.69, 9.17) is 9.05 Å². The highest BCUT2D eigenvalue weighted by molar-refractivity contribution is 7.62. The molecule has 1 heterocycles. The van der Waals surface area contributed by atoms with Crippen LogP contribution in [0, 0.1) is 0 Å². The van der Waals surface area contributed by atoms with Crippen molar-refractivity contribution in [2.45, 2.75) is 39.5 Å². The van der Waals surface area contributed by atoms with Crippen LogP contribution in [0.5, 0.6) is 0 Å². The standard InChI is InChI=1S/C23H28NO3P/c1-3-5-16-26-28(25,27-17-6-4-2)22-18-24-21-15-11-10-14-20(21)23(22)19-12-8-7-9-13-19/h7-15,18H,3-6,16-17H2,1-2H3. The molecule has 5 heteroatoms. The minimum atomic E-state index is -3.50. The molecule has 0 spiro atoms. The summed E-state index contributed by atoms with van der Waals surface area (Å²) in [6.07, 6.45) is 5.28. The van der Waals surface area contributed by atoms with Gasteiger partial charge in [-0.05, 0) is 24.5 Å². The molecular weight excluding hydrogens is 369 g/mol. The summed E-state index contributed by atoms with van der Waals surface area (Å²) < 4.78 is 25.7. The molecule has 2 aromatic carbocycles. The van der Waals surface area contributed by atoms with Gasteiger partial charge in [0.05, 0.1) is 24.0 Å². The minimum Gasteiger partial charge on any atom is -0.305 e. The van der Waals surface area contributed by atoms with Crippen molar-refractivity contribution in [2.75, 3.05) is 13.2 Å². The van der Waals surface area contributed by atoms with E-state index in [1.165, 1.54) is 0 Å². The second kappa shape index (κ2) is 9.97. The summed E-state index contributed by atoms with van der Waals surface area (Å²) in [7, 11) is -3.50. The van der Waals surface area contributed by atoms with Crippen LogP contribution < -0.4 is 5.30 Å². The van der Waals surface area contributed by atoms with Crippen molar-refractivity contribution in [3.63, 3.8) is 0 Å². The van der Waals surface area contributed by atoms with Gasteiger partial charge in [0.2, 0.25) is 0 Å². The van der Waals surface area contributed by atoms with Crippen molar-refractivity contribution in [2.24, 2.45) is 0 Å². The van der Waals surface area contributed by atoms with Crippen LogP contribution in [0.25, 0.3) is 22.0 Å². The lowest BCUT2D eigenvalue weighted by atomic mass is 10.0. The van der Waals surface area contributed by atoms with Gasteiger partial charge in [-0.2, -0.15) is 0 Å². The lowest BCUT2D eigenvalue weighted by molar-refractivity contribution is 0.208. The molecule has 0 fully saturated rings. The summed E-state index contributed by atoms with van der Waals surface area (Å²) in [4.78, 5) is 4.56. The van der Waals surface area contributed by atoms with Crippen molar-refractivity contribution >= 4 is 23.8 Å². The number of aromatic nitrogens is 1. The van der Waals surface area contributed by atoms with Gasteiger partial charge in [0, 0.05) is 17.1 Å². The number of para-hydroxylation sites is 1. The highest BCUT2D eigenvalue weighted by atomic mass is 31.2. The summed E-state index contributed by atoms with van der Waals surface area (Å²) in [5.41, 5.74) is 2.72. The Hall–Kier alpha value is -2.00. The van der Waals surface area contributed by atoms with Gasteiger partial charge in [0.25, 0.3) is 0 Å². The summed E-state index contributed by atoms with van der Waals surface area (Å²) in [5, 5.41) is 1.49. The van der Waals surface area contributed by atoms with Crippen molar-refractivity contribution in [3.8, 4) is 11.1 Å². The van der Waals surface area contributed by atoms with Gasteiger partial charge >= 0.3 is 7.60 Å². The Labute approximate surface area is 167 Å². The quantitative estimate of drug-likeness (QED) is 0.295. The van der Waals surface area contributed by atoms with Crippen molar-refractivity contribution in [1.82, 2.24) is 4.98 Å². The highest BCUT2D eigenvalue weighted by Gasteiger charge is 2.32. The molecule has 0 saturated carbocycles. The fourth-order valence-electron chi connectivity index (χ4n) is 3.08. The van der Waals surface area contributed by atoms with Gasteiger partial charge in [-0.3, -0.25) is 9.55 Å². The number of hydrogen-bond donors (Lipinski definition) is 0. The number of nitrogens with zero attached hydrogens (tertiary/aromatic N) is 1. The van der Waals surface area contributed by atoms with E-state index in [1.54, 1.807) is 6.20 Å². The number of hydrogen-bond acceptors (Lipinski definition) is 4. The zero-order chi connectivity index (χ0) is 19.8. The first-order valence-electron chi connectivity index (χ1n) is 10.0. The van der Waals surface area contributed by atoms with Crippen LogP contribution in [0.1, 0.15) is 39.5 Å². The molecule has 0 aliphatic carbocycles. The largest absolute Gasteiger partial charge is 0.363 e. The Morgan fingerprint density at radius 1 is 0.857 bits per heavy atom. The molecule has 0 unspecified atom stereocenters. The lowest BCUT2D eigenvalue weighted by Crippen LogP contribution is -2.16. The molecule has 3 rings (SSSR count). The third-order valence-electron chi connectivity index (χ3n) is 4.63. The zero-order valence-corrected chi connectivity index (χ0v) is 17.5. The summed E-state index contributed by atoms with van der Waals surface area (Å²) in [6, 6.07) is 17.9. The number of fused-ring (bicyclic) bond motifs is 1. The van der Waals surface area contributed by atoms with E-state index in [0.29, 0.717) is 18.5 Å². The van der Waals surface area contributed by atoms with E-state index in [1.807, 2.05) is 54.6 Å². The van der Waals surface area contributed by atoms with Gasteiger partial charge in [-0.25, -0.2) is 0 Å². The van der Waals surface area contributed by atoms with E-state index in [9.17, 15) is 4.57 Å². The molecule has 0 radical (unpaired) electrons. The third-order valence-corrected chi connectivity index (χ3v) is 6.61. The average Bonchev–Trinajstić information content (AvgIpc) is 2.74. The first-order chi connectivity index (χ1) is 13.7. The molecule has 148 valence electrons. The van der Waals surface area contributed by atoms with E-state index >= 15 is 0 Å². The van der Waals surface area contributed by atoms with Gasteiger partial charge in [-0.15, -0.1) is 0 Å². The smallest absolute Gasteiger partial charge is 0.305 e. The lowest BCUT2D eigenvalue weighted by Gasteiger charge is -2.22. The average molecular weight is 397 g/mol. The molecular formula is C23H28NO3P. The van der Waals surface area contributed by atoms with Gasteiger partial charge in [0.1, 0.15) is 0 Å². The monoisotopic (exact) mass is 397 g/mol. The Morgan fingerprint density at radius 2 is 1.46 bits per heavy atom. The Balaban J connectivity index is 2.16. The summed E-state index contributed by atoms with van der Waals surface area (Å²) in [5.74, 6) is 0. The summed E-state index contributed by atoms with van der Waals surface area (Å²) >= 11 is 0. The maximum atomic E-state index is 13.9. The minimum absolute atomic E-state index is 0.404. The molecule has 0 atom stereocenters. The molecule has 0 aliphatic heterocycles. The number of benzene rings is 2. The first kappa shape index (κ1) is 20.7. The van der Waals surface area contributed by atoms with Crippen LogP contribution in [-0.2, 0) is 13.6 Å². The SMILES string of the molecule is CCCCOP(=O)(OCCCC)c1cnc2ccccc2c1-c1ccccc1. The number of pyridine rings is 1. The molecule has 1 aromatic heterocycles. The molecule has 0 aliphatic rings. The number of unbranched alkanes of at least 4 members (excludes halogenated alkanes) is 2. The maximum Gasteiger partial charge on any atom is 0.363 e. The van der Waals surface area contributed by atoms with Crippen molar-refractivity contribution in [3.05, 3.63) is 60.8 Å². The van der Waals surface area contributed by atoms with Gasteiger partial charge in [0.15, 0.2) is 0 Å². The van der Waals surface area contributed by atoms with Crippen molar-refractivity contribution in [1.29, 1.82) is 0 Å². The predicted molar refractivity (Wildman–Crippen MR) is 116 cm³/mol. The van der Waals surface area contributed by atoms with Crippen LogP contribution in [0.15, 0.2) is 60.8 Å². The topological polar surface area (TPSA) is 48.4 Å². The van der Waals surface area contributed by atoms with E-state index in [-0.39, 0.29) is 0 Å². The van der Waals surface area contributed by atoms with Crippen LogP contribution in [0.3, 0.4) is 0 Å². The molecule has 0 saturated heterocycles. The number of rotatable bonds is 10. The van der Waals surface area contributed by atoms with Crippen LogP contribution in [0.2, 0.25) is 0 Å². The predicted octanol–water partition coefficient (Wildman–Crippen LogP) is 6.35. The molecule has 28 heavy (non-hydrogen) atoms. The Morgan fingerprint density at radius 3 is 2.11 bits per heavy atom. The van der Waals surface area contributed by atoms with Gasteiger partial charge < -0.3 is 9.05 Å². The summed E-state index contributed by atoms with van der Waals surface area (Å²) in [6.45, 7) is 4.97. The molecule has 0 amide bonds. The molecule has 4 nitrogen and oxygen atoms in total. The third kappa shape index (κ3) is 4.70. The molecule has 0 bridgehead atoms. The molecule has 0 N–H and O–H groups in total. The Kier molecular flexibility index (Phi) is 7.38. The molecule has 3 aromatic rings. The van der Waals surface area contributed by atoms with Crippen LogP contribution >= 0.6 is 7.60 Å². The normalized spacial score (nSPS) is 11.8. The van der Waals surface area contributed by atoms with E-state index in [2.05, 4.69) is 18.8 Å². The van der Waals surface area contributed by atoms with E-state index in [0.717, 1.165) is 47.7 Å². The Bertz CT molecular complexity index is 929. The second-order valence-corrected chi connectivity index (χ2v) is 8.77. The first-order valence-corrected chi connectivity index (χ1v) is 11.6. The zero-order valence-electron chi connectivity index (χ0n) is 16.6. The van der Waals surface area contributed by atoms with Crippen LogP contribution in [0.4, 0.5) is 0 Å². The van der Waals surface area contributed by atoms with Gasteiger partial charge in [-0.1, -0.05) is 75.2 Å². The van der Waals surface area contributed by atoms with E-state index < -0.39 is 7.60 Å². The highest BCUT2D eigenvalue weighted by Crippen LogP contribution is 2.50. The van der Waals surface area contributed by atoms with Crippen LogP contribution in [-0.4, -0.2) is 18.2 Å². The van der Waals surface area contributed by atoms with Crippen molar-refractivity contribution < 1.29 is 13.6 Å². The fourth-order valence-corrected chi connectivity index (χ4v) is 4.90.